The van der Waals surface area contributed by atoms with Crippen LogP contribution in [0.25, 0.3) is 0 Å². The van der Waals surface area contributed by atoms with Crippen molar-refractivity contribution < 1.29 is 30.5 Å². The minimum atomic E-state index is -4.91. The van der Waals surface area contributed by atoms with E-state index in [-0.39, 0.29) is 5.75 Å². The van der Waals surface area contributed by atoms with Crippen LogP contribution in [0, 0.1) is 0 Å². The first-order chi connectivity index (χ1) is 10.1. The summed E-state index contributed by atoms with van der Waals surface area (Å²) in [6.07, 6.45) is -4.17. The summed E-state index contributed by atoms with van der Waals surface area (Å²) in [5.41, 5.74) is -1.52. The summed E-state index contributed by atoms with van der Waals surface area (Å²) >= 11 is 0. The lowest BCUT2D eigenvalue weighted by atomic mass is 10.3. The highest BCUT2D eigenvalue weighted by Crippen LogP contribution is 2.34. The molecule has 0 saturated heterocycles. The number of aryl methyl sites for hydroxylation is 1. The third-order valence-electron chi connectivity index (χ3n) is 2.60. The number of hydrogen-bond acceptors (Lipinski definition) is 5. The zero-order valence-corrected chi connectivity index (χ0v) is 12.3. The van der Waals surface area contributed by atoms with Gasteiger partial charge in [-0.15, -0.1) is 0 Å². The highest BCUT2D eigenvalue weighted by atomic mass is 32.2. The monoisotopic (exact) mass is 336 g/mol. The van der Waals surface area contributed by atoms with E-state index in [0.717, 1.165) is 10.9 Å². The Labute approximate surface area is 124 Å². The fraction of sp³-hybridized carbons (Fsp3) is 0.250. The molecule has 0 spiro atoms. The fourth-order valence-electron chi connectivity index (χ4n) is 1.65. The molecule has 1 heterocycles. The van der Waals surface area contributed by atoms with E-state index in [4.69, 9.17) is 8.92 Å². The molecule has 0 aliphatic carbocycles. The minimum absolute atomic E-state index is 0.141. The Hall–Kier alpha value is -2.23. The molecule has 0 amide bonds. The lowest BCUT2D eigenvalue weighted by Crippen LogP contribution is -2.16. The third-order valence-corrected chi connectivity index (χ3v) is 3.85. The van der Waals surface area contributed by atoms with Gasteiger partial charge in [0.2, 0.25) is 0 Å². The summed E-state index contributed by atoms with van der Waals surface area (Å²) in [5, 5.41) is 3.13. The van der Waals surface area contributed by atoms with Gasteiger partial charge in [0.15, 0.2) is 10.6 Å². The van der Waals surface area contributed by atoms with Gasteiger partial charge in [0.05, 0.1) is 7.11 Å². The number of halogens is 3. The number of alkyl halides is 3. The predicted molar refractivity (Wildman–Crippen MR) is 69.0 cm³/mol. The van der Waals surface area contributed by atoms with Crippen molar-refractivity contribution in [1.82, 2.24) is 9.78 Å². The Morgan fingerprint density at radius 1 is 1.14 bits per heavy atom. The van der Waals surface area contributed by atoms with Crippen LogP contribution < -0.4 is 8.92 Å². The van der Waals surface area contributed by atoms with E-state index in [2.05, 4.69) is 5.10 Å². The van der Waals surface area contributed by atoms with Crippen LogP contribution >= 0.6 is 0 Å². The molecule has 120 valence electrons. The van der Waals surface area contributed by atoms with E-state index in [0.29, 0.717) is 5.75 Å². The molecule has 0 atom stereocenters. The maximum Gasteiger partial charge on any atom is 0.436 e. The minimum Gasteiger partial charge on any atom is -0.497 e. The highest BCUT2D eigenvalue weighted by molar-refractivity contribution is 7.87. The smallest absolute Gasteiger partial charge is 0.436 e. The molecule has 6 nitrogen and oxygen atoms in total. The molecule has 1 aromatic carbocycles. The normalized spacial score (nSPS) is 12.2. The second kappa shape index (κ2) is 5.52. The Morgan fingerprint density at radius 3 is 2.18 bits per heavy atom. The molecular formula is C12H11F3N2O4S. The van der Waals surface area contributed by atoms with Crippen LogP contribution in [0.1, 0.15) is 5.69 Å². The van der Waals surface area contributed by atoms with Crippen LogP contribution in [-0.4, -0.2) is 25.3 Å². The summed E-state index contributed by atoms with van der Waals surface area (Å²) < 4.78 is 72.9. The van der Waals surface area contributed by atoms with Crippen LogP contribution in [0.2, 0.25) is 0 Å². The molecule has 1 aromatic heterocycles. The van der Waals surface area contributed by atoms with Crippen molar-refractivity contribution in [2.45, 2.75) is 11.1 Å². The molecule has 0 aliphatic heterocycles. The van der Waals surface area contributed by atoms with Gasteiger partial charge in [0.25, 0.3) is 0 Å². The van der Waals surface area contributed by atoms with Gasteiger partial charge in [0, 0.05) is 13.2 Å². The topological polar surface area (TPSA) is 70.4 Å². The van der Waals surface area contributed by atoms with Gasteiger partial charge in [-0.2, -0.15) is 26.7 Å². The molecule has 2 rings (SSSR count). The number of hydrogen-bond donors (Lipinski definition) is 0. The van der Waals surface area contributed by atoms with Gasteiger partial charge in [-0.1, -0.05) is 0 Å². The average Bonchev–Trinajstić information content (AvgIpc) is 2.82. The maximum absolute atomic E-state index is 12.8. The van der Waals surface area contributed by atoms with Crippen LogP contribution in [0.4, 0.5) is 13.2 Å². The van der Waals surface area contributed by atoms with Crippen molar-refractivity contribution in [3.8, 4) is 11.5 Å². The predicted octanol–water partition coefficient (Wildman–Crippen LogP) is 2.22. The Balaban J connectivity index is 2.38. The zero-order valence-electron chi connectivity index (χ0n) is 11.5. The van der Waals surface area contributed by atoms with Crippen molar-refractivity contribution in [3.05, 3.63) is 36.2 Å². The Bertz CT molecular complexity index is 767. The zero-order chi connectivity index (χ0) is 16.5. The van der Waals surface area contributed by atoms with E-state index in [9.17, 15) is 21.6 Å². The number of methoxy groups -OCH3 is 1. The van der Waals surface area contributed by atoms with E-state index in [1.807, 2.05) is 0 Å². The van der Waals surface area contributed by atoms with Crippen LogP contribution in [0.3, 0.4) is 0 Å². The first-order valence-corrected chi connectivity index (χ1v) is 7.23. The summed E-state index contributed by atoms with van der Waals surface area (Å²) in [7, 11) is -2.07. The van der Waals surface area contributed by atoms with E-state index in [1.54, 1.807) is 0 Å². The molecule has 0 N–H and O–H groups in total. The number of rotatable bonds is 4. The molecule has 22 heavy (non-hydrogen) atoms. The standard InChI is InChI=1S/C12H11F3N2O4S/c1-17-7-10(11(16-17)12(13,14)15)22(18,19)21-9-5-3-8(20-2)4-6-9/h3-7H,1-2H3. The second-order valence-corrected chi connectivity index (χ2v) is 5.74. The molecule has 0 fully saturated rings. The van der Waals surface area contributed by atoms with Gasteiger partial charge in [-0.05, 0) is 24.3 Å². The first-order valence-electron chi connectivity index (χ1n) is 5.83. The number of ether oxygens (including phenoxy) is 1. The second-order valence-electron chi connectivity index (χ2n) is 4.23. The molecule has 0 radical (unpaired) electrons. The van der Waals surface area contributed by atoms with Crippen molar-refractivity contribution in [2.24, 2.45) is 7.05 Å². The highest BCUT2D eigenvalue weighted by Gasteiger charge is 2.41. The summed E-state index contributed by atoms with van der Waals surface area (Å²) in [5.74, 6) is 0.305. The van der Waals surface area contributed by atoms with E-state index in [1.165, 1.54) is 38.4 Å². The Kier molecular flexibility index (Phi) is 4.05. The molecule has 2 aromatic rings. The molecule has 0 bridgehead atoms. The maximum atomic E-state index is 12.8. The van der Waals surface area contributed by atoms with Crippen molar-refractivity contribution in [3.63, 3.8) is 0 Å². The van der Waals surface area contributed by atoms with Crippen molar-refractivity contribution in [2.75, 3.05) is 7.11 Å². The summed E-state index contributed by atoms with van der Waals surface area (Å²) in [6, 6.07) is 5.36. The van der Waals surface area contributed by atoms with Gasteiger partial charge >= 0.3 is 16.3 Å². The average molecular weight is 336 g/mol. The largest absolute Gasteiger partial charge is 0.497 e. The number of aromatic nitrogens is 2. The summed E-state index contributed by atoms with van der Waals surface area (Å²) in [4.78, 5) is -1.04. The van der Waals surface area contributed by atoms with Gasteiger partial charge in [-0.25, -0.2) is 0 Å². The molecule has 0 unspecified atom stereocenters. The van der Waals surface area contributed by atoms with Crippen LogP contribution in [-0.2, 0) is 23.3 Å². The van der Waals surface area contributed by atoms with Crippen LogP contribution in [0.5, 0.6) is 11.5 Å². The fourth-order valence-corrected chi connectivity index (χ4v) is 2.78. The number of nitrogens with zero attached hydrogens (tertiary/aromatic N) is 2. The molecular weight excluding hydrogens is 325 g/mol. The quantitative estimate of drug-likeness (QED) is 0.801. The van der Waals surface area contributed by atoms with Crippen molar-refractivity contribution >= 4 is 10.1 Å². The molecule has 10 heteroatoms. The Morgan fingerprint density at radius 2 is 1.68 bits per heavy atom. The summed E-state index contributed by atoms with van der Waals surface area (Å²) in [6.45, 7) is 0. The first kappa shape index (κ1) is 16.1. The van der Waals surface area contributed by atoms with Gasteiger partial charge in [-0.3, -0.25) is 4.68 Å². The van der Waals surface area contributed by atoms with E-state index >= 15 is 0 Å². The lowest BCUT2D eigenvalue weighted by Gasteiger charge is -2.09. The van der Waals surface area contributed by atoms with Crippen LogP contribution in [0.15, 0.2) is 35.4 Å². The molecule has 0 saturated carbocycles. The van der Waals surface area contributed by atoms with Gasteiger partial charge in [0.1, 0.15) is 11.5 Å². The van der Waals surface area contributed by atoms with E-state index < -0.39 is 26.9 Å². The SMILES string of the molecule is COc1ccc(OS(=O)(=O)c2cn(C)nc2C(F)(F)F)cc1. The lowest BCUT2D eigenvalue weighted by molar-refractivity contribution is -0.143. The number of benzene rings is 1. The van der Waals surface area contributed by atoms with Gasteiger partial charge < -0.3 is 8.92 Å². The van der Waals surface area contributed by atoms with Crippen molar-refractivity contribution in [1.29, 1.82) is 0 Å². The third kappa shape index (κ3) is 3.32. The molecule has 0 aliphatic rings.